The minimum atomic E-state index is -0.487. The summed E-state index contributed by atoms with van der Waals surface area (Å²) in [5, 5.41) is 8.94. The van der Waals surface area contributed by atoms with Crippen LogP contribution in [-0.2, 0) is 16.0 Å². The summed E-state index contributed by atoms with van der Waals surface area (Å²) >= 11 is 5.39. The normalized spacial score (nSPS) is 10.4. The Bertz CT molecular complexity index is 1240. The van der Waals surface area contributed by atoms with Crippen molar-refractivity contribution in [3.63, 3.8) is 0 Å². The van der Waals surface area contributed by atoms with Crippen LogP contribution < -0.4 is 16.0 Å². The lowest BCUT2D eigenvalue weighted by Gasteiger charge is -2.18. The maximum atomic E-state index is 13.2. The summed E-state index contributed by atoms with van der Waals surface area (Å²) in [6.07, 6.45) is 0.307. The van der Waals surface area contributed by atoms with Crippen molar-refractivity contribution >= 4 is 40.5 Å². The maximum absolute atomic E-state index is 13.2. The van der Waals surface area contributed by atoms with Gasteiger partial charge in [-0.2, -0.15) is 0 Å². The zero-order chi connectivity index (χ0) is 24.5. The van der Waals surface area contributed by atoms with Gasteiger partial charge in [0.1, 0.15) is 0 Å². The van der Waals surface area contributed by atoms with Crippen LogP contribution in [0.1, 0.15) is 22.6 Å². The summed E-state index contributed by atoms with van der Waals surface area (Å²) in [5.74, 6) is -0.795. The van der Waals surface area contributed by atoms with Gasteiger partial charge in [-0.15, -0.1) is 0 Å². The number of nitrogens with one attached hydrogen (secondary N) is 3. The van der Waals surface area contributed by atoms with Gasteiger partial charge < -0.3 is 16.0 Å². The van der Waals surface area contributed by atoms with E-state index in [1.165, 1.54) is 0 Å². The van der Waals surface area contributed by atoms with E-state index in [0.29, 0.717) is 17.8 Å². The summed E-state index contributed by atoms with van der Waals surface area (Å²) in [4.78, 5) is 25.5. The van der Waals surface area contributed by atoms with Gasteiger partial charge in [0.15, 0.2) is 5.11 Å². The first kappa shape index (κ1) is 23.9. The lowest BCUT2D eigenvalue weighted by atomic mass is 9.90. The largest absolute Gasteiger partial charge is 0.332 e. The van der Waals surface area contributed by atoms with Crippen molar-refractivity contribution in [2.24, 2.45) is 0 Å². The summed E-state index contributed by atoms with van der Waals surface area (Å²) in [6, 6.07) is 35.9. The quantitative estimate of drug-likeness (QED) is 0.306. The number of amides is 2. The van der Waals surface area contributed by atoms with E-state index in [4.69, 9.17) is 12.2 Å². The van der Waals surface area contributed by atoms with Crippen LogP contribution in [0, 0.1) is 0 Å². The second kappa shape index (κ2) is 11.7. The molecule has 3 N–H and O–H groups in total. The molecule has 35 heavy (non-hydrogen) atoms. The van der Waals surface area contributed by atoms with Crippen molar-refractivity contribution in [1.82, 2.24) is 5.32 Å². The Kier molecular flexibility index (Phi) is 7.99. The molecule has 0 aliphatic carbocycles. The summed E-state index contributed by atoms with van der Waals surface area (Å²) in [6.45, 7) is 0. The Hall–Kier alpha value is -4.29. The van der Waals surface area contributed by atoms with E-state index in [2.05, 4.69) is 16.0 Å². The number of benzene rings is 4. The highest BCUT2D eigenvalue weighted by molar-refractivity contribution is 7.80. The van der Waals surface area contributed by atoms with Crippen LogP contribution in [0.3, 0.4) is 0 Å². The molecular weight excluding hydrogens is 454 g/mol. The van der Waals surface area contributed by atoms with Crippen molar-refractivity contribution in [2.45, 2.75) is 12.3 Å². The number of hydrogen-bond acceptors (Lipinski definition) is 3. The predicted octanol–water partition coefficient (Wildman–Crippen LogP) is 5.51. The molecule has 4 rings (SSSR count). The summed E-state index contributed by atoms with van der Waals surface area (Å²) < 4.78 is 0. The molecule has 174 valence electrons. The van der Waals surface area contributed by atoms with Crippen LogP contribution in [0.15, 0.2) is 115 Å². The zero-order valence-corrected chi connectivity index (χ0v) is 19.8. The number of thiocarbonyl (C=S) groups is 1. The van der Waals surface area contributed by atoms with Crippen LogP contribution >= 0.6 is 12.2 Å². The van der Waals surface area contributed by atoms with Gasteiger partial charge in [0.2, 0.25) is 11.8 Å². The van der Waals surface area contributed by atoms with Gasteiger partial charge in [0.25, 0.3) is 0 Å². The molecular formula is C29H25N3O2S. The maximum Gasteiger partial charge on any atom is 0.238 e. The molecule has 0 heterocycles. The molecule has 0 atom stereocenters. The molecule has 4 aromatic rings. The van der Waals surface area contributed by atoms with Crippen molar-refractivity contribution in [1.29, 1.82) is 0 Å². The highest BCUT2D eigenvalue weighted by Gasteiger charge is 2.23. The number of anilines is 2. The smallest absolute Gasteiger partial charge is 0.238 e. The van der Waals surface area contributed by atoms with Crippen LogP contribution in [0.25, 0.3) is 0 Å². The Morgan fingerprint density at radius 3 is 1.60 bits per heavy atom. The minimum absolute atomic E-state index is 0.0902. The molecule has 0 spiro atoms. The molecule has 0 saturated carbocycles. The highest BCUT2D eigenvalue weighted by atomic mass is 32.1. The highest BCUT2D eigenvalue weighted by Crippen LogP contribution is 2.25. The molecule has 2 amide bonds. The number of hydrogen-bond donors (Lipinski definition) is 3. The topological polar surface area (TPSA) is 70.2 Å². The lowest BCUT2D eigenvalue weighted by Crippen LogP contribution is -2.37. The predicted molar refractivity (Wildman–Crippen MR) is 144 cm³/mol. The number of carbonyl (C=O) groups excluding carboxylic acids is 2. The fourth-order valence-corrected chi connectivity index (χ4v) is 3.97. The van der Waals surface area contributed by atoms with Crippen LogP contribution in [0.2, 0.25) is 0 Å². The van der Waals surface area contributed by atoms with E-state index in [0.717, 1.165) is 16.7 Å². The fraction of sp³-hybridized carbons (Fsp3) is 0.0690. The van der Waals surface area contributed by atoms with E-state index in [1.807, 2.05) is 91.0 Å². The zero-order valence-electron chi connectivity index (χ0n) is 19.0. The standard InChI is InChI=1S/C29H25N3O2S/c33-26(20-21-10-4-1-5-11-21)30-24-16-18-25(19-17-24)31-29(35)32-28(34)27(22-12-6-2-7-13-22)23-14-8-3-9-15-23/h1-19,27H,20H2,(H,30,33)(H2,31,32,34,35). The van der Waals surface area contributed by atoms with Crippen LogP contribution in [0.4, 0.5) is 11.4 Å². The molecule has 5 nitrogen and oxygen atoms in total. The van der Waals surface area contributed by atoms with Gasteiger partial charge in [-0.3, -0.25) is 9.59 Å². The van der Waals surface area contributed by atoms with E-state index in [-0.39, 0.29) is 16.9 Å². The fourth-order valence-electron chi connectivity index (χ4n) is 3.76. The first-order valence-corrected chi connectivity index (χ1v) is 11.6. The summed E-state index contributed by atoms with van der Waals surface area (Å²) in [7, 11) is 0. The van der Waals surface area contributed by atoms with Crippen molar-refractivity contribution in [2.75, 3.05) is 10.6 Å². The third-order valence-corrected chi connectivity index (χ3v) is 5.60. The first-order valence-electron chi connectivity index (χ1n) is 11.2. The average Bonchev–Trinajstić information content (AvgIpc) is 2.87. The Morgan fingerprint density at radius 2 is 1.09 bits per heavy atom. The van der Waals surface area contributed by atoms with Crippen LogP contribution in [-0.4, -0.2) is 16.9 Å². The molecule has 0 unspecified atom stereocenters. The average molecular weight is 480 g/mol. The molecule has 0 aliphatic heterocycles. The number of carbonyl (C=O) groups is 2. The third-order valence-electron chi connectivity index (χ3n) is 5.40. The van der Waals surface area contributed by atoms with Crippen molar-refractivity contribution < 1.29 is 9.59 Å². The molecule has 0 radical (unpaired) electrons. The molecule has 0 fully saturated rings. The minimum Gasteiger partial charge on any atom is -0.332 e. The van der Waals surface area contributed by atoms with Gasteiger partial charge in [0, 0.05) is 11.4 Å². The SMILES string of the molecule is O=C(Cc1ccccc1)Nc1ccc(NC(=S)NC(=O)C(c2ccccc2)c2ccccc2)cc1. The van der Waals surface area contributed by atoms with Gasteiger partial charge in [-0.05, 0) is 53.2 Å². The second-order valence-corrected chi connectivity index (χ2v) is 8.39. The van der Waals surface area contributed by atoms with Crippen molar-refractivity contribution in [3.05, 3.63) is 132 Å². The Morgan fingerprint density at radius 1 is 0.629 bits per heavy atom. The van der Waals surface area contributed by atoms with E-state index >= 15 is 0 Å². The number of rotatable bonds is 7. The van der Waals surface area contributed by atoms with E-state index in [9.17, 15) is 9.59 Å². The molecule has 6 heteroatoms. The Balaban J connectivity index is 1.36. The van der Waals surface area contributed by atoms with Crippen LogP contribution in [0.5, 0.6) is 0 Å². The Labute approximate surface area is 210 Å². The lowest BCUT2D eigenvalue weighted by molar-refractivity contribution is -0.120. The molecule has 0 aliphatic rings. The van der Waals surface area contributed by atoms with Crippen molar-refractivity contribution in [3.8, 4) is 0 Å². The van der Waals surface area contributed by atoms with Gasteiger partial charge >= 0.3 is 0 Å². The second-order valence-electron chi connectivity index (χ2n) is 7.99. The monoisotopic (exact) mass is 479 g/mol. The first-order chi connectivity index (χ1) is 17.1. The van der Waals surface area contributed by atoms with E-state index < -0.39 is 5.92 Å². The molecule has 0 bridgehead atoms. The van der Waals surface area contributed by atoms with E-state index in [1.54, 1.807) is 24.3 Å². The van der Waals surface area contributed by atoms with Gasteiger partial charge in [0.05, 0.1) is 12.3 Å². The third kappa shape index (κ3) is 6.85. The molecule has 4 aromatic carbocycles. The molecule has 0 aromatic heterocycles. The summed E-state index contributed by atoms with van der Waals surface area (Å²) in [5.41, 5.74) is 4.10. The molecule has 0 saturated heterocycles. The van der Waals surface area contributed by atoms with Gasteiger partial charge in [-0.25, -0.2) is 0 Å². The van der Waals surface area contributed by atoms with Gasteiger partial charge in [-0.1, -0.05) is 91.0 Å².